The molecule has 0 atom stereocenters. The van der Waals surface area contributed by atoms with Crippen LogP contribution in [0.3, 0.4) is 0 Å². The average Bonchev–Trinajstić information content (AvgIpc) is 2.96. The molecule has 0 bridgehead atoms. The van der Waals surface area contributed by atoms with Crippen LogP contribution in [0.15, 0.2) is 33.6 Å². The van der Waals surface area contributed by atoms with Crippen molar-refractivity contribution in [2.24, 2.45) is 11.1 Å². The van der Waals surface area contributed by atoms with E-state index in [4.69, 9.17) is 5.73 Å². The molecule has 2 rings (SSSR count). The monoisotopic (exact) mass is 271 g/mol. The second-order valence-electron chi connectivity index (χ2n) is 3.95. The molecule has 1 fully saturated rings. The third kappa shape index (κ3) is 2.53. The van der Waals surface area contributed by atoms with Gasteiger partial charge >= 0.3 is 0 Å². The summed E-state index contributed by atoms with van der Waals surface area (Å²) in [6.45, 7) is 0.841. The second kappa shape index (κ2) is 4.25. The van der Waals surface area contributed by atoms with Crippen molar-refractivity contribution < 1.29 is 0 Å². The fraction of sp³-hybridized carbons (Fsp3) is 0.455. The van der Waals surface area contributed by atoms with Gasteiger partial charge in [-0.3, -0.25) is 0 Å². The molecule has 1 aromatic rings. The van der Waals surface area contributed by atoms with Crippen LogP contribution in [0.2, 0.25) is 0 Å². The first-order valence-corrected chi connectivity index (χ1v) is 6.60. The van der Waals surface area contributed by atoms with Crippen LogP contribution in [0.4, 0.5) is 0 Å². The first-order chi connectivity index (χ1) is 6.74. The molecule has 0 heterocycles. The highest BCUT2D eigenvalue weighted by Gasteiger charge is 2.40. The lowest BCUT2D eigenvalue weighted by Crippen LogP contribution is -2.17. The van der Waals surface area contributed by atoms with E-state index in [1.54, 1.807) is 0 Å². The van der Waals surface area contributed by atoms with Crippen molar-refractivity contribution in [2.75, 3.05) is 12.3 Å². The van der Waals surface area contributed by atoms with Crippen molar-refractivity contribution in [1.29, 1.82) is 0 Å². The van der Waals surface area contributed by atoms with Gasteiger partial charge in [-0.2, -0.15) is 0 Å². The molecule has 76 valence electrons. The van der Waals surface area contributed by atoms with Crippen molar-refractivity contribution >= 4 is 27.7 Å². The second-order valence-corrected chi connectivity index (χ2v) is 5.91. The largest absolute Gasteiger partial charge is 0.330 e. The van der Waals surface area contributed by atoms with Crippen LogP contribution in [0.5, 0.6) is 0 Å². The van der Waals surface area contributed by atoms with Crippen molar-refractivity contribution in [2.45, 2.75) is 17.7 Å². The Morgan fingerprint density at radius 2 is 2.21 bits per heavy atom. The van der Waals surface area contributed by atoms with Crippen molar-refractivity contribution in [3.8, 4) is 0 Å². The molecule has 1 saturated carbocycles. The maximum atomic E-state index is 5.74. The van der Waals surface area contributed by atoms with E-state index in [1.807, 2.05) is 11.8 Å². The molecule has 2 N–H and O–H groups in total. The van der Waals surface area contributed by atoms with Crippen LogP contribution in [0.1, 0.15) is 12.8 Å². The summed E-state index contributed by atoms with van der Waals surface area (Å²) in [5, 5.41) is 0. The van der Waals surface area contributed by atoms with Gasteiger partial charge in [0.25, 0.3) is 0 Å². The van der Waals surface area contributed by atoms with Crippen LogP contribution in [0.25, 0.3) is 0 Å². The zero-order valence-corrected chi connectivity index (χ0v) is 10.4. The molecule has 1 aliphatic rings. The first kappa shape index (κ1) is 10.5. The van der Waals surface area contributed by atoms with Gasteiger partial charge < -0.3 is 5.73 Å². The maximum Gasteiger partial charge on any atom is 0.0186 e. The molecule has 0 radical (unpaired) electrons. The number of halogens is 1. The zero-order chi connectivity index (χ0) is 10.0. The zero-order valence-electron chi connectivity index (χ0n) is 8.00. The lowest BCUT2D eigenvalue weighted by Gasteiger charge is -2.11. The summed E-state index contributed by atoms with van der Waals surface area (Å²) in [5.41, 5.74) is 6.21. The Morgan fingerprint density at radius 1 is 1.43 bits per heavy atom. The van der Waals surface area contributed by atoms with Gasteiger partial charge in [0.05, 0.1) is 0 Å². The average molecular weight is 272 g/mol. The van der Waals surface area contributed by atoms with Crippen molar-refractivity contribution in [1.82, 2.24) is 0 Å². The van der Waals surface area contributed by atoms with Gasteiger partial charge in [-0.25, -0.2) is 0 Å². The van der Waals surface area contributed by atoms with Gasteiger partial charge in [0.1, 0.15) is 0 Å². The lowest BCUT2D eigenvalue weighted by atomic mass is 10.1. The summed E-state index contributed by atoms with van der Waals surface area (Å²) in [5.74, 6) is 1.17. The molecule has 0 spiro atoms. The van der Waals surface area contributed by atoms with E-state index in [0.717, 1.165) is 11.0 Å². The Kier molecular flexibility index (Phi) is 3.20. The first-order valence-electron chi connectivity index (χ1n) is 4.83. The number of nitrogens with two attached hydrogens (primary N) is 1. The predicted octanol–water partition coefficient (Wildman–Crippen LogP) is 3.28. The Balaban J connectivity index is 1.92. The quantitative estimate of drug-likeness (QED) is 0.851. The van der Waals surface area contributed by atoms with Gasteiger partial charge in [-0.15, -0.1) is 11.8 Å². The number of benzene rings is 1. The molecule has 1 aromatic carbocycles. The molecule has 3 heteroatoms. The smallest absolute Gasteiger partial charge is 0.0186 e. The molecule has 1 aliphatic carbocycles. The van der Waals surface area contributed by atoms with E-state index in [2.05, 4.69) is 40.2 Å². The summed E-state index contributed by atoms with van der Waals surface area (Å²) in [6, 6.07) is 8.45. The lowest BCUT2D eigenvalue weighted by molar-refractivity contribution is 0.600. The summed E-state index contributed by atoms with van der Waals surface area (Å²) in [4.78, 5) is 1.33. The Labute approximate surface area is 97.6 Å². The van der Waals surface area contributed by atoms with Crippen LogP contribution in [-0.2, 0) is 0 Å². The SMILES string of the molecule is NCC1(CSc2cccc(Br)c2)CC1. The van der Waals surface area contributed by atoms with Crippen molar-refractivity contribution in [3.05, 3.63) is 28.7 Å². The standard InChI is InChI=1S/C11H14BrNS/c12-9-2-1-3-10(6-9)14-8-11(7-13)4-5-11/h1-3,6H,4-5,7-8,13H2. The molecule has 0 amide bonds. The summed E-state index contributed by atoms with van der Waals surface area (Å²) < 4.78 is 1.15. The molecular formula is C11H14BrNS. The normalized spacial score (nSPS) is 18.1. The highest BCUT2D eigenvalue weighted by molar-refractivity contribution is 9.10. The number of rotatable bonds is 4. The summed E-state index contributed by atoms with van der Waals surface area (Å²) in [7, 11) is 0. The minimum Gasteiger partial charge on any atom is -0.330 e. The Bertz CT molecular complexity index is 323. The number of hydrogen-bond donors (Lipinski definition) is 1. The van der Waals surface area contributed by atoms with E-state index in [-0.39, 0.29) is 0 Å². The summed E-state index contributed by atoms with van der Waals surface area (Å²) >= 11 is 5.40. The molecule has 0 saturated heterocycles. The van der Waals surface area contributed by atoms with Gasteiger partial charge in [-0.05, 0) is 43.0 Å². The highest BCUT2D eigenvalue weighted by atomic mass is 79.9. The van der Waals surface area contributed by atoms with Crippen LogP contribution in [-0.4, -0.2) is 12.3 Å². The van der Waals surface area contributed by atoms with E-state index in [9.17, 15) is 0 Å². The summed E-state index contributed by atoms with van der Waals surface area (Å²) in [6.07, 6.45) is 2.62. The number of hydrogen-bond acceptors (Lipinski definition) is 2. The molecule has 0 aromatic heterocycles. The Hall–Kier alpha value is 0.01000. The Morgan fingerprint density at radius 3 is 2.79 bits per heavy atom. The van der Waals surface area contributed by atoms with Gasteiger partial charge in [0.2, 0.25) is 0 Å². The minimum atomic E-state index is 0.465. The number of thioether (sulfide) groups is 1. The maximum absolute atomic E-state index is 5.74. The van der Waals surface area contributed by atoms with E-state index in [1.165, 1.54) is 23.5 Å². The van der Waals surface area contributed by atoms with E-state index >= 15 is 0 Å². The molecular weight excluding hydrogens is 258 g/mol. The fourth-order valence-electron chi connectivity index (χ4n) is 1.38. The molecule has 0 unspecified atom stereocenters. The van der Waals surface area contributed by atoms with Crippen LogP contribution < -0.4 is 5.73 Å². The van der Waals surface area contributed by atoms with E-state index < -0.39 is 0 Å². The van der Waals surface area contributed by atoms with Gasteiger partial charge in [-0.1, -0.05) is 22.0 Å². The molecule has 1 nitrogen and oxygen atoms in total. The van der Waals surface area contributed by atoms with E-state index in [0.29, 0.717) is 5.41 Å². The van der Waals surface area contributed by atoms with Gasteiger partial charge in [0, 0.05) is 15.1 Å². The van der Waals surface area contributed by atoms with Gasteiger partial charge in [0.15, 0.2) is 0 Å². The predicted molar refractivity (Wildman–Crippen MR) is 65.6 cm³/mol. The topological polar surface area (TPSA) is 26.0 Å². The van der Waals surface area contributed by atoms with Crippen LogP contribution >= 0.6 is 27.7 Å². The minimum absolute atomic E-state index is 0.465. The molecule has 0 aliphatic heterocycles. The third-order valence-electron chi connectivity index (χ3n) is 2.73. The van der Waals surface area contributed by atoms with Crippen molar-refractivity contribution in [3.63, 3.8) is 0 Å². The highest BCUT2D eigenvalue weighted by Crippen LogP contribution is 2.48. The fourth-order valence-corrected chi connectivity index (χ4v) is 3.19. The molecule has 14 heavy (non-hydrogen) atoms. The third-order valence-corrected chi connectivity index (χ3v) is 4.57. The van der Waals surface area contributed by atoms with Crippen LogP contribution in [0, 0.1) is 5.41 Å².